The lowest BCUT2D eigenvalue weighted by Gasteiger charge is -2.20. The van der Waals surface area contributed by atoms with Gasteiger partial charge in [-0.25, -0.2) is 9.59 Å². The summed E-state index contributed by atoms with van der Waals surface area (Å²) in [5.74, 6) is -0.822. The topological polar surface area (TPSA) is 185 Å². The highest BCUT2D eigenvalue weighted by atomic mass is 32.2. The molecule has 33 heavy (non-hydrogen) atoms. The fourth-order valence-electron chi connectivity index (χ4n) is 2.16. The lowest BCUT2D eigenvalue weighted by Crippen LogP contribution is -2.54. The van der Waals surface area contributed by atoms with Crippen molar-refractivity contribution in [3.8, 4) is 0 Å². The van der Waals surface area contributed by atoms with E-state index in [0.29, 0.717) is 6.61 Å². The van der Waals surface area contributed by atoms with Gasteiger partial charge in [0.05, 0.1) is 46.2 Å². The van der Waals surface area contributed by atoms with Crippen LogP contribution in [0.25, 0.3) is 0 Å². The summed E-state index contributed by atoms with van der Waals surface area (Å²) in [4.78, 5) is 46.8. The minimum Gasteiger partial charge on any atom is -0.438 e. The van der Waals surface area contributed by atoms with Gasteiger partial charge >= 0.3 is 12.3 Å². The third-order valence-electron chi connectivity index (χ3n) is 3.86. The number of methoxy groups -OCH3 is 2. The third kappa shape index (κ3) is 15.2. The van der Waals surface area contributed by atoms with Crippen molar-refractivity contribution in [1.29, 1.82) is 0 Å². The number of carbonyl (C=O) groups is 4. The minimum atomic E-state index is -1.15. The highest BCUT2D eigenvalue weighted by Crippen LogP contribution is 2.12. The molecule has 0 radical (unpaired) electrons. The number of hydrogen-bond donors (Lipinski definition) is 4. The van der Waals surface area contributed by atoms with E-state index in [2.05, 4.69) is 20.1 Å². The Balaban J connectivity index is 4.49. The Bertz CT molecular complexity index is 608. The fourth-order valence-corrected chi connectivity index (χ4v) is 3.20. The van der Waals surface area contributed by atoms with Crippen LogP contribution in [-0.2, 0) is 33.3 Å². The highest BCUT2D eigenvalue weighted by molar-refractivity contribution is 7.99. The zero-order valence-electron chi connectivity index (χ0n) is 19.4. The van der Waals surface area contributed by atoms with Crippen LogP contribution in [0.1, 0.15) is 20.3 Å². The summed E-state index contributed by atoms with van der Waals surface area (Å²) in [6.45, 7) is 3.59. The quantitative estimate of drug-likeness (QED) is 0.157. The van der Waals surface area contributed by atoms with Gasteiger partial charge in [0, 0.05) is 24.5 Å². The van der Waals surface area contributed by atoms with Gasteiger partial charge in [0.25, 0.3) is 0 Å². The van der Waals surface area contributed by atoms with Crippen molar-refractivity contribution in [3.63, 3.8) is 0 Å². The molecule has 13 nitrogen and oxygen atoms in total. The minimum absolute atomic E-state index is 0.0173. The predicted molar refractivity (Wildman–Crippen MR) is 119 cm³/mol. The number of carbonyl (C=O) groups excluding carboxylic acids is 4. The van der Waals surface area contributed by atoms with Crippen LogP contribution >= 0.6 is 11.8 Å². The summed E-state index contributed by atoms with van der Waals surface area (Å²) >= 11 is 1.21. The summed E-state index contributed by atoms with van der Waals surface area (Å²) in [5.41, 5.74) is 5.86. The maximum atomic E-state index is 12.3. The zero-order valence-corrected chi connectivity index (χ0v) is 20.2. The first kappa shape index (κ1) is 30.7. The highest BCUT2D eigenvalue weighted by Gasteiger charge is 2.24. The van der Waals surface area contributed by atoms with E-state index in [1.165, 1.54) is 18.9 Å². The van der Waals surface area contributed by atoms with E-state index >= 15 is 0 Å². The number of nitrogens with two attached hydrogens (primary N) is 1. The molecule has 0 fully saturated rings. The Morgan fingerprint density at radius 3 is 2.24 bits per heavy atom. The van der Waals surface area contributed by atoms with Crippen molar-refractivity contribution in [2.75, 3.05) is 52.1 Å². The maximum absolute atomic E-state index is 12.3. The molecule has 0 saturated carbocycles. The van der Waals surface area contributed by atoms with Gasteiger partial charge in [0.1, 0.15) is 12.1 Å². The van der Waals surface area contributed by atoms with Crippen LogP contribution in [0, 0.1) is 0 Å². The lowest BCUT2D eigenvalue weighted by atomic mass is 10.2. The van der Waals surface area contributed by atoms with Crippen LogP contribution in [0.2, 0.25) is 0 Å². The van der Waals surface area contributed by atoms with Gasteiger partial charge in [0.2, 0.25) is 11.8 Å². The lowest BCUT2D eigenvalue weighted by molar-refractivity contribution is -0.130. The molecule has 0 aliphatic rings. The van der Waals surface area contributed by atoms with Crippen molar-refractivity contribution in [1.82, 2.24) is 10.6 Å². The standard InChI is InChI=1S/C19H35N3O10S/c1-12(2)30-8-6-21-17(25)15(9-23)22-16(24)14(20)11-33-10-13(32-19(27)29-4)5-7-31-18(26)28-3/h12-15,23H,5-11,20H2,1-4H3,(H,21,25)(H,22,24)/t13-,14+,15+/m1/s1. The molecule has 0 bridgehead atoms. The van der Waals surface area contributed by atoms with Crippen molar-refractivity contribution in [2.45, 2.75) is 44.6 Å². The smallest absolute Gasteiger partial charge is 0.438 e. The maximum Gasteiger partial charge on any atom is 0.508 e. The van der Waals surface area contributed by atoms with E-state index in [1.807, 2.05) is 13.8 Å². The third-order valence-corrected chi connectivity index (χ3v) is 5.06. The van der Waals surface area contributed by atoms with Crippen LogP contribution in [0.5, 0.6) is 0 Å². The SMILES string of the molecule is COC(=O)OCC[C@H](CSC[C@H](N)C(=O)N[C@@H](CO)C(=O)NCCOC(C)C)OC(=O)OC. The Labute approximate surface area is 197 Å². The molecule has 0 aromatic rings. The molecule has 0 aromatic heterocycles. The number of aliphatic hydroxyl groups is 1. The van der Waals surface area contributed by atoms with E-state index < -0.39 is 48.9 Å². The van der Waals surface area contributed by atoms with Crippen molar-refractivity contribution >= 4 is 35.9 Å². The molecule has 14 heteroatoms. The van der Waals surface area contributed by atoms with Gasteiger partial charge in [-0.05, 0) is 13.8 Å². The molecule has 0 saturated heterocycles. The van der Waals surface area contributed by atoms with Gasteiger partial charge in [-0.15, -0.1) is 0 Å². The first-order chi connectivity index (χ1) is 15.6. The van der Waals surface area contributed by atoms with Crippen molar-refractivity contribution < 1.29 is 48.0 Å². The van der Waals surface area contributed by atoms with E-state index in [1.54, 1.807) is 0 Å². The van der Waals surface area contributed by atoms with E-state index in [-0.39, 0.29) is 37.2 Å². The van der Waals surface area contributed by atoms with Gasteiger partial charge in [-0.3, -0.25) is 9.59 Å². The van der Waals surface area contributed by atoms with Crippen LogP contribution in [-0.4, -0.2) is 106 Å². The molecule has 5 N–H and O–H groups in total. The normalized spacial score (nSPS) is 13.4. The molecule has 192 valence electrons. The predicted octanol–water partition coefficient (Wildman–Crippen LogP) is -0.610. The molecule has 0 aromatic carbocycles. The van der Waals surface area contributed by atoms with Crippen LogP contribution in [0.4, 0.5) is 9.59 Å². The molecule has 0 aliphatic heterocycles. The molecular weight excluding hydrogens is 462 g/mol. The summed E-state index contributed by atoms with van der Waals surface area (Å²) in [7, 11) is 2.32. The first-order valence-corrected chi connectivity index (χ1v) is 11.4. The average molecular weight is 498 g/mol. The molecular formula is C19H35N3O10S. The Morgan fingerprint density at radius 1 is 1.00 bits per heavy atom. The van der Waals surface area contributed by atoms with Crippen LogP contribution < -0.4 is 16.4 Å². The second kappa shape index (κ2) is 18.2. The molecule has 3 atom stereocenters. The number of aliphatic hydroxyl groups excluding tert-OH is 1. The molecule has 0 unspecified atom stereocenters. The van der Waals surface area contributed by atoms with Gasteiger partial charge < -0.3 is 45.2 Å². The van der Waals surface area contributed by atoms with Crippen LogP contribution in [0.3, 0.4) is 0 Å². The average Bonchev–Trinajstić information content (AvgIpc) is 2.78. The number of ether oxygens (including phenoxy) is 5. The van der Waals surface area contributed by atoms with Crippen molar-refractivity contribution in [3.05, 3.63) is 0 Å². The van der Waals surface area contributed by atoms with Gasteiger partial charge in [0.15, 0.2) is 0 Å². The summed E-state index contributed by atoms with van der Waals surface area (Å²) in [6.07, 6.45) is -2.26. The fraction of sp³-hybridized carbons (Fsp3) is 0.789. The Morgan fingerprint density at radius 2 is 1.67 bits per heavy atom. The number of amides is 2. The van der Waals surface area contributed by atoms with Crippen LogP contribution in [0.15, 0.2) is 0 Å². The molecule has 0 aliphatic carbocycles. The summed E-state index contributed by atoms with van der Waals surface area (Å²) in [5, 5.41) is 14.4. The largest absolute Gasteiger partial charge is 0.508 e. The number of thioether (sulfide) groups is 1. The van der Waals surface area contributed by atoms with Gasteiger partial charge in [-0.2, -0.15) is 11.8 Å². The Kier molecular flexibility index (Phi) is 16.9. The Hall–Kier alpha value is -2.29. The number of rotatable bonds is 16. The second-order valence-electron chi connectivity index (χ2n) is 6.88. The number of hydrogen-bond acceptors (Lipinski definition) is 12. The van der Waals surface area contributed by atoms with E-state index in [9.17, 15) is 24.3 Å². The van der Waals surface area contributed by atoms with E-state index in [0.717, 1.165) is 7.11 Å². The molecule has 0 rings (SSSR count). The summed E-state index contributed by atoms with van der Waals surface area (Å²) in [6, 6.07) is -2.15. The zero-order chi connectivity index (χ0) is 25.2. The summed E-state index contributed by atoms with van der Waals surface area (Å²) < 4.78 is 24.0. The monoisotopic (exact) mass is 497 g/mol. The van der Waals surface area contributed by atoms with E-state index in [4.69, 9.17) is 19.9 Å². The molecule has 0 spiro atoms. The first-order valence-electron chi connectivity index (χ1n) is 10.2. The molecule has 2 amide bonds. The van der Waals surface area contributed by atoms with Crippen molar-refractivity contribution in [2.24, 2.45) is 5.73 Å². The van der Waals surface area contributed by atoms with Gasteiger partial charge in [-0.1, -0.05) is 0 Å². The molecule has 0 heterocycles. The number of nitrogens with one attached hydrogen (secondary N) is 2. The second-order valence-corrected chi connectivity index (χ2v) is 7.96.